The highest BCUT2D eigenvalue weighted by Crippen LogP contribution is 2.47. The maximum absolute atomic E-state index is 12.9. The molecule has 1 fully saturated rings. The Morgan fingerprint density at radius 2 is 1.81 bits per heavy atom. The third-order valence-electron chi connectivity index (χ3n) is 4.08. The van der Waals surface area contributed by atoms with E-state index in [-0.39, 0.29) is 23.7 Å². The van der Waals surface area contributed by atoms with Gasteiger partial charge in [-0.2, -0.15) is 0 Å². The summed E-state index contributed by atoms with van der Waals surface area (Å²) in [6.07, 6.45) is 0.909. The van der Waals surface area contributed by atoms with Gasteiger partial charge in [-0.25, -0.2) is 4.39 Å². The standard InChI is InChI=1S/C18H18FNO/c1-12(13-7-9-15(19)10-8-13)20-18(21)17-11-16(17)14-5-3-2-4-6-14/h2-10,12,16-17H,11H2,1H3,(H,20,21). The summed E-state index contributed by atoms with van der Waals surface area (Å²) in [5.41, 5.74) is 2.15. The summed E-state index contributed by atoms with van der Waals surface area (Å²) in [6, 6.07) is 16.3. The number of rotatable bonds is 4. The molecule has 3 rings (SSSR count). The zero-order valence-electron chi connectivity index (χ0n) is 11.9. The molecule has 3 unspecified atom stereocenters. The van der Waals surface area contributed by atoms with E-state index < -0.39 is 0 Å². The van der Waals surface area contributed by atoms with Crippen molar-refractivity contribution >= 4 is 5.91 Å². The van der Waals surface area contributed by atoms with E-state index in [0.29, 0.717) is 5.92 Å². The first-order chi connectivity index (χ1) is 10.1. The van der Waals surface area contributed by atoms with Crippen LogP contribution in [-0.4, -0.2) is 5.91 Å². The van der Waals surface area contributed by atoms with Gasteiger partial charge < -0.3 is 5.32 Å². The normalized spacial score (nSPS) is 21.6. The molecule has 1 amide bonds. The molecule has 2 aromatic carbocycles. The fourth-order valence-corrected chi connectivity index (χ4v) is 2.71. The van der Waals surface area contributed by atoms with Gasteiger partial charge in [-0.1, -0.05) is 42.5 Å². The topological polar surface area (TPSA) is 29.1 Å². The van der Waals surface area contributed by atoms with E-state index in [9.17, 15) is 9.18 Å². The van der Waals surface area contributed by atoms with Gasteiger partial charge >= 0.3 is 0 Å². The van der Waals surface area contributed by atoms with Gasteiger partial charge in [0, 0.05) is 5.92 Å². The second-order valence-electron chi connectivity index (χ2n) is 5.64. The van der Waals surface area contributed by atoms with Crippen LogP contribution in [0.15, 0.2) is 54.6 Å². The van der Waals surface area contributed by atoms with E-state index in [2.05, 4.69) is 17.4 Å². The van der Waals surface area contributed by atoms with E-state index in [1.165, 1.54) is 17.7 Å². The van der Waals surface area contributed by atoms with Crippen molar-refractivity contribution in [1.29, 1.82) is 0 Å². The quantitative estimate of drug-likeness (QED) is 0.908. The molecule has 0 saturated heterocycles. The van der Waals surface area contributed by atoms with Crippen LogP contribution in [-0.2, 0) is 4.79 Å². The monoisotopic (exact) mass is 283 g/mol. The first-order valence-corrected chi connectivity index (χ1v) is 7.26. The van der Waals surface area contributed by atoms with Crippen LogP contribution in [0.3, 0.4) is 0 Å². The number of hydrogen-bond donors (Lipinski definition) is 1. The number of benzene rings is 2. The van der Waals surface area contributed by atoms with Crippen LogP contribution in [0.1, 0.15) is 36.4 Å². The average molecular weight is 283 g/mol. The Morgan fingerprint density at radius 3 is 2.48 bits per heavy atom. The minimum Gasteiger partial charge on any atom is -0.349 e. The van der Waals surface area contributed by atoms with Gasteiger partial charge in [0.15, 0.2) is 0 Å². The number of amides is 1. The fourth-order valence-electron chi connectivity index (χ4n) is 2.71. The number of carbonyl (C=O) groups is 1. The van der Waals surface area contributed by atoms with Gasteiger partial charge in [-0.05, 0) is 42.5 Å². The van der Waals surface area contributed by atoms with Crippen molar-refractivity contribution in [3.63, 3.8) is 0 Å². The average Bonchev–Trinajstić information content (AvgIpc) is 3.29. The maximum atomic E-state index is 12.9. The predicted molar refractivity (Wildman–Crippen MR) is 80.2 cm³/mol. The SMILES string of the molecule is CC(NC(=O)C1CC1c1ccccc1)c1ccc(F)cc1. The smallest absolute Gasteiger partial charge is 0.224 e. The Morgan fingerprint density at radius 1 is 1.14 bits per heavy atom. The van der Waals surface area contributed by atoms with Crippen LogP contribution in [0.25, 0.3) is 0 Å². The molecule has 3 heteroatoms. The Balaban J connectivity index is 1.59. The molecular weight excluding hydrogens is 265 g/mol. The largest absolute Gasteiger partial charge is 0.349 e. The molecular formula is C18H18FNO. The Kier molecular flexibility index (Phi) is 3.74. The van der Waals surface area contributed by atoms with E-state index in [1.807, 2.05) is 25.1 Å². The second-order valence-corrected chi connectivity index (χ2v) is 5.64. The molecule has 2 nitrogen and oxygen atoms in total. The van der Waals surface area contributed by atoms with Crippen LogP contribution >= 0.6 is 0 Å². The molecule has 108 valence electrons. The molecule has 0 bridgehead atoms. The summed E-state index contributed by atoms with van der Waals surface area (Å²) < 4.78 is 12.9. The number of halogens is 1. The third-order valence-corrected chi connectivity index (χ3v) is 4.08. The first-order valence-electron chi connectivity index (χ1n) is 7.26. The highest BCUT2D eigenvalue weighted by atomic mass is 19.1. The molecule has 1 N–H and O–H groups in total. The molecule has 0 spiro atoms. The zero-order chi connectivity index (χ0) is 14.8. The van der Waals surface area contributed by atoms with Crippen LogP contribution < -0.4 is 5.32 Å². The lowest BCUT2D eigenvalue weighted by Crippen LogP contribution is -2.28. The molecule has 0 radical (unpaired) electrons. The van der Waals surface area contributed by atoms with E-state index >= 15 is 0 Å². The highest BCUT2D eigenvalue weighted by molar-refractivity contribution is 5.83. The van der Waals surface area contributed by atoms with Gasteiger partial charge in [0.1, 0.15) is 5.82 Å². The molecule has 2 aromatic rings. The van der Waals surface area contributed by atoms with Crippen molar-refractivity contribution in [3.8, 4) is 0 Å². The van der Waals surface area contributed by atoms with Crippen LogP contribution in [0, 0.1) is 11.7 Å². The van der Waals surface area contributed by atoms with Gasteiger partial charge in [0.25, 0.3) is 0 Å². The Bertz CT molecular complexity index is 623. The van der Waals surface area contributed by atoms with Crippen molar-refractivity contribution in [2.24, 2.45) is 5.92 Å². The van der Waals surface area contributed by atoms with Crippen LogP contribution in [0.2, 0.25) is 0 Å². The number of carbonyl (C=O) groups excluding carboxylic acids is 1. The molecule has 21 heavy (non-hydrogen) atoms. The molecule has 0 heterocycles. The lowest BCUT2D eigenvalue weighted by molar-refractivity contribution is -0.123. The van der Waals surface area contributed by atoms with Gasteiger partial charge in [0.2, 0.25) is 5.91 Å². The minimum atomic E-state index is -0.261. The summed E-state index contributed by atoms with van der Waals surface area (Å²) >= 11 is 0. The summed E-state index contributed by atoms with van der Waals surface area (Å²) in [7, 11) is 0. The summed E-state index contributed by atoms with van der Waals surface area (Å²) in [5.74, 6) is 0.228. The van der Waals surface area contributed by atoms with E-state index in [0.717, 1.165) is 12.0 Å². The van der Waals surface area contributed by atoms with Crippen molar-refractivity contribution in [3.05, 3.63) is 71.5 Å². The first kappa shape index (κ1) is 13.8. The third kappa shape index (κ3) is 3.13. The number of hydrogen-bond acceptors (Lipinski definition) is 1. The lowest BCUT2D eigenvalue weighted by Gasteiger charge is -2.14. The minimum absolute atomic E-state index is 0.0651. The van der Waals surface area contributed by atoms with Gasteiger partial charge in [-0.3, -0.25) is 4.79 Å². The van der Waals surface area contributed by atoms with Crippen LogP contribution in [0.4, 0.5) is 4.39 Å². The van der Waals surface area contributed by atoms with E-state index in [4.69, 9.17) is 0 Å². The summed E-state index contributed by atoms with van der Waals surface area (Å²) in [4.78, 5) is 12.3. The molecule has 0 aliphatic heterocycles. The van der Waals surface area contributed by atoms with Crippen LogP contribution in [0.5, 0.6) is 0 Å². The fraction of sp³-hybridized carbons (Fsp3) is 0.278. The highest BCUT2D eigenvalue weighted by Gasteiger charge is 2.44. The van der Waals surface area contributed by atoms with Crippen molar-refractivity contribution in [1.82, 2.24) is 5.32 Å². The summed E-state index contributed by atoms with van der Waals surface area (Å²) in [5, 5.41) is 3.02. The lowest BCUT2D eigenvalue weighted by atomic mass is 10.1. The predicted octanol–water partition coefficient (Wildman–Crippen LogP) is 3.81. The Labute approximate surface area is 124 Å². The molecule has 0 aromatic heterocycles. The van der Waals surface area contributed by atoms with Crippen molar-refractivity contribution in [2.75, 3.05) is 0 Å². The molecule has 1 aliphatic rings. The van der Waals surface area contributed by atoms with Crippen molar-refractivity contribution in [2.45, 2.75) is 25.3 Å². The zero-order valence-corrected chi connectivity index (χ0v) is 11.9. The van der Waals surface area contributed by atoms with Crippen molar-refractivity contribution < 1.29 is 9.18 Å². The second kappa shape index (κ2) is 5.68. The van der Waals surface area contributed by atoms with Gasteiger partial charge in [-0.15, -0.1) is 0 Å². The molecule has 1 saturated carbocycles. The maximum Gasteiger partial charge on any atom is 0.224 e. The molecule has 3 atom stereocenters. The summed E-state index contributed by atoms with van der Waals surface area (Å²) in [6.45, 7) is 1.92. The van der Waals surface area contributed by atoms with E-state index in [1.54, 1.807) is 12.1 Å². The Hall–Kier alpha value is -2.16. The number of nitrogens with one attached hydrogen (secondary N) is 1. The molecule has 1 aliphatic carbocycles. The van der Waals surface area contributed by atoms with Gasteiger partial charge in [0.05, 0.1) is 6.04 Å².